The Hall–Kier alpha value is -3.22. The fourth-order valence-corrected chi connectivity index (χ4v) is 4.80. The van der Waals surface area contributed by atoms with Crippen LogP contribution in [0.5, 0.6) is 0 Å². The molecule has 9 heteroatoms. The SMILES string of the molecule is N#Cc1ccc(CSc2nnc(NC(=O)C3CC(=O)N(c4ccccc4)C3)s2)cc1. The second kappa shape index (κ2) is 9.07. The van der Waals surface area contributed by atoms with Gasteiger partial charge in [-0.05, 0) is 29.8 Å². The van der Waals surface area contributed by atoms with Gasteiger partial charge in [-0.1, -0.05) is 53.4 Å². The molecule has 0 radical (unpaired) electrons. The van der Waals surface area contributed by atoms with Crippen LogP contribution in [-0.2, 0) is 15.3 Å². The van der Waals surface area contributed by atoms with Gasteiger partial charge in [0.25, 0.3) is 0 Å². The van der Waals surface area contributed by atoms with E-state index in [9.17, 15) is 9.59 Å². The number of hydrogen-bond acceptors (Lipinski definition) is 7. The highest BCUT2D eigenvalue weighted by Crippen LogP contribution is 2.30. The van der Waals surface area contributed by atoms with Gasteiger partial charge in [0.1, 0.15) is 0 Å². The Bertz CT molecular complexity index is 1090. The number of carbonyl (C=O) groups is 2. The smallest absolute Gasteiger partial charge is 0.231 e. The second-order valence-electron chi connectivity index (χ2n) is 6.70. The number of anilines is 2. The molecule has 0 saturated carbocycles. The highest BCUT2D eigenvalue weighted by Gasteiger charge is 2.35. The van der Waals surface area contributed by atoms with Crippen molar-refractivity contribution in [3.05, 3.63) is 65.7 Å². The molecule has 1 aromatic heterocycles. The summed E-state index contributed by atoms with van der Waals surface area (Å²) in [5.41, 5.74) is 2.50. The highest BCUT2D eigenvalue weighted by atomic mass is 32.2. The summed E-state index contributed by atoms with van der Waals surface area (Å²) >= 11 is 2.82. The Morgan fingerprint density at radius 1 is 1.20 bits per heavy atom. The number of hydrogen-bond donors (Lipinski definition) is 1. The van der Waals surface area contributed by atoms with Crippen LogP contribution in [0, 0.1) is 17.2 Å². The molecule has 3 aromatic rings. The van der Waals surface area contributed by atoms with Crippen LogP contribution >= 0.6 is 23.1 Å². The number of para-hydroxylation sites is 1. The molecule has 150 valence electrons. The zero-order valence-corrected chi connectivity index (χ0v) is 17.4. The van der Waals surface area contributed by atoms with Crippen LogP contribution in [0.1, 0.15) is 17.5 Å². The van der Waals surface area contributed by atoms with Crippen LogP contribution in [0.25, 0.3) is 0 Å². The van der Waals surface area contributed by atoms with E-state index in [4.69, 9.17) is 5.26 Å². The van der Waals surface area contributed by atoms with Crippen LogP contribution in [0.2, 0.25) is 0 Å². The lowest BCUT2D eigenvalue weighted by molar-refractivity contribution is -0.122. The molecule has 30 heavy (non-hydrogen) atoms. The van der Waals surface area contributed by atoms with Crippen molar-refractivity contribution in [3.8, 4) is 6.07 Å². The number of thioether (sulfide) groups is 1. The summed E-state index contributed by atoms with van der Waals surface area (Å²) in [4.78, 5) is 26.5. The van der Waals surface area contributed by atoms with Crippen molar-refractivity contribution in [2.75, 3.05) is 16.8 Å². The zero-order chi connectivity index (χ0) is 20.9. The Balaban J connectivity index is 1.31. The average Bonchev–Trinajstić information content (AvgIpc) is 3.39. The van der Waals surface area contributed by atoms with Gasteiger partial charge in [-0.3, -0.25) is 9.59 Å². The first-order valence-electron chi connectivity index (χ1n) is 9.24. The van der Waals surface area contributed by atoms with Crippen LogP contribution in [-0.4, -0.2) is 28.6 Å². The molecule has 1 N–H and O–H groups in total. The molecule has 1 unspecified atom stereocenters. The molecule has 0 aliphatic carbocycles. The lowest BCUT2D eigenvalue weighted by Crippen LogP contribution is -2.28. The van der Waals surface area contributed by atoms with Gasteiger partial charge in [0.15, 0.2) is 4.34 Å². The first-order valence-corrected chi connectivity index (χ1v) is 11.0. The minimum absolute atomic E-state index is 0.0581. The quantitative estimate of drug-likeness (QED) is 0.468. The van der Waals surface area contributed by atoms with E-state index < -0.39 is 5.92 Å². The van der Waals surface area contributed by atoms with Crippen molar-refractivity contribution >= 4 is 45.7 Å². The largest absolute Gasteiger partial charge is 0.312 e. The molecule has 0 bridgehead atoms. The monoisotopic (exact) mass is 435 g/mol. The number of rotatable bonds is 6. The van der Waals surface area contributed by atoms with E-state index in [0.717, 1.165) is 15.6 Å². The first kappa shape index (κ1) is 20.1. The maximum atomic E-state index is 12.6. The third-order valence-electron chi connectivity index (χ3n) is 4.65. The Labute approximate surface area is 181 Å². The van der Waals surface area contributed by atoms with Gasteiger partial charge in [0.2, 0.25) is 16.9 Å². The van der Waals surface area contributed by atoms with Crippen molar-refractivity contribution in [2.24, 2.45) is 5.92 Å². The normalized spacial score (nSPS) is 15.8. The maximum absolute atomic E-state index is 12.6. The van der Waals surface area contributed by atoms with E-state index in [0.29, 0.717) is 23.0 Å². The molecule has 2 amide bonds. The Morgan fingerprint density at radius 2 is 1.97 bits per heavy atom. The molecule has 1 aliphatic rings. The third-order valence-corrected chi connectivity index (χ3v) is 6.69. The van der Waals surface area contributed by atoms with Crippen LogP contribution in [0.15, 0.2) is 58.9 Å². The molecular formula is C21H17N5O2S2. The van der Waals surface area contributed by atoms with Gasteiger partial charge in [0, 0.05) is 24.4 Å². The number of nitrogens with one attached hydrogen (secondary N) is 1. The van der Waals surface area contributed by atoms with E-state index in [1.807, 2.05) is 42.5 Å². The van der Waals surface area contributed by atoms with Gasteiger partial charge < -0.3 is 10.2 Å². The van der Waals surface area contributed by atoms with Gasteiger partial charge in [0.05, 0.1) is 17.6 Å². The number of benzene rings is 2. The van der Waals surface area contributed by atoms with Crippen molar-refractivity contribution in [1.29, 1.82) is 5.26 Å². The fraction of sp³-hybridized carbons (Fsp3) is 0.190. The summed E-state index contributed by atoms with van der Waals surface area (Å²) in [6.07, 6.45) is 0.180. The van der Waals surface area contributed by atoms with Crippen molar-refractivity contribution in [3.63, 3.8) is 0 Å². The molecule has 1 aliphatic heterocycles. The molecule has 1 fully saturated rings. The summed E-state index contributed by atoms with van der Waals surface area (Å²) in [7, 11) is 0. The lowest BCUT2D eigenvalue weighted by Gasteiger charge is -2.16. The molecule has 1 atom stereocenters. The fourth-order valence-electron chi connectivity index (χ4n) is 3.09. The zero-order valence-electron chi connectivity index (χ0n) is 15.8. The molecule has 4 rings (SSSR count). The van der Waals surface area contributed by atoms with E-state index in [1.54, 1.807) is 17.0 Å². The van der Waals surface area contributed by atoms with Gasteiger partial charge in [-0.15, -0.1) is 10.2 Å². The number of amides is 2. The predicted molar refractivity (Wildman–Crippen MR) is 116 cm³/mol. The number of carbonyl (C=O) groups excluding carboxylic acids is 2. The topological polar surface area (TPSA) is 99.0 Å². The standard InChI is InChI=1S/C21H17N5O2S2/c22-11-14-6-8-15(9-7-14)13-29-21-25-24-20(30-21)23-19(28)16-10-18(27)26(12-16)17-4-2-1-3-5-17/h1-9,16H,10,12-13H2,(H,23,24,28). The maximum Gasteiger partial charge on any atom is 0.231 e. The third kappa shape index (κ3) is 4.67. The average molecular weight is 436 g/mol. The van der Waals surface area contributed by atoms with E-state index in [2.05, 4.69) is 21.6 Å². The predicted octanol–water partition coefficient (Wildman–Crippen LogP) is 3.69. The number of nitriles is 1. The molecular weight excluding hydrogens is 418 g/mol. The summed E-state index contributed by atoms with van der Waals surface area (Å²) in [6, 6.07) is 18.8. The van der Waals surface area contributed by atoms with Crippen molar-refractivity contribution in [1.82, 2.24) is 10.2 Å². The van der Waals surface area contributed by atoms with Gasteiger partial charge in [-0.25, -0.2) is 0 Å². The number of aromatic nitrogens is 2. The Kier molecular flexibility index (Phi) is 6.07. The van der Waals surface area contributed by atoms with Crippen LogP contribution < -0.4 is 10.2 Å². The highest BCUT2D eigenvalue weighted by molar-refractivity contribution is 8.00. The molecule has 7 nitrogen and oxygen atoms in total. The molecule has 2 heterocycles. The summed E-state index contributed by atoms with van der Waals surface area (Å²) in [6.45, 7) is 0.355. The first-order chi connectivity index (χ1) is 14.6. The summed E-state index contributed by atoms with van der Waals surface area (Å²) in [5.74, 6) is -0.00697. The second-order valence-corrected chi connectivity index (χ2v) is 8.90. The summed E-state index contributed by atoms with van der Waals surface area (Å²) in [5, 5.41) is 20.2. The van der Waals surface area contributed by atoms with Crippen molar-refractivity contribution < 1.29 is 9.59 Å². The van der Waals surface area contributed by atoms with Crippen LogP contribution in [0.3, 0.4) is 0 Å². The van der Waals surface area contributed by atoms with E-state index in [-0.39, 0.29) is 18.2 Å². The lowest BCUT2D eigenvalue weighted by atomic mass is 10.1. The van der Waals surface area contributed by atoms with Crippen molar-refractivity contribution in [2.45, 2.75) is 16.5 Å². The summed E-state index contributed by atoms with van der Waals surface area (Å²) < 4.78 is 0.739. The van der Waals surface area contributed by atoms with E-state index >= 15 is 0 Å². The van der Waals surface area contributed by atoms with Gasteiger partial charge in [-0.2, -0.15) is 5.26 Å². The minimum Gasteiger partial charge on any atom is -0.312 e. The number of nitrogens with zero attached hydrogens (tertiary/aromatic N) is 4. The molecule has 2 aromatic carbocycles. The van der Waals surface area contributed by atoms with E-state index in [1.165, 1.54) is 23.1 Å². The van der Waals surface area contributed by atoms with Crippen LogP contribution in [0.4, 0.5) is 10.8 Å². The van der Waals surface area contributed by atoms with Gasteiger partial charge >= 0.3 is 0 Å². The Morgan fingerprint density at radius 3 is 2.70 bits per heavy atom. The molecule has 1 saturated heterocycles. The molecule has 0 spiro atoms. The minimum atomic E-state index is -0.420.